The van der Waals surface area contributed by atoms with Gasteiger partial charge in [0.1, 0.15) is 6.04 Å². The molecule has 1 aliphatic heterocycles. The van der Waals surface area contributed by atoms with Crippen LogP contribution >= 0.6 is 0 Å². The van der Waals surface area contributed by atoms with Crippen molar-refractivity contribution in [3.8, 4) is 0 Å². The minimum atomic E-state index is -3.34. The highest BCUT2D eigenvalue weighted by Gasteiger charge is 2.38. The molecule has 7 heteroatoms. The first-order valence-corrected chi connectivity index (χ1v) is 8.72. The SMILES string of the molecule is CCCS(=O)(=O)N1CCCC1C(=O)NCC(C)(C)CO. The highest BCUT2D eigenvalue weighted by atomic mass is 32.2. The number of nitrogens with zero attached hydrogens (tertiary/aromatic N) is 1. The van der Waals surface area contributed by atoms with E-state index in [4.69, 9.17) is 5.11 Å². The van der Waals surface area contributed by atoms with Crippen LogP contribution in [-0.4, -0.2) is 55.2 Å². The second kappa shape index (κ2) is 6.87. The summed E-state index contributed by atoms with van der Waals surface area (Å²) in [5.41, 5.74) is -0.401. The molecule has 0 aromatic carbocycles. The van der Waals surface area contributed by atoms with Gasteiger partial charge in [0.25, 0.3) is 0 Å². The fourth-order valence-electron chi connectivity index (χ4n) is 2.21. The van der Waals surface area contributed by atoms with Crippen LogP contribution in [0.15, 0.2) is 0 Å². The van der Waals surface area contributed by atoms with Gasteiger partial charge in [-0.3, -0.25) is 4.79 Å². The monoisotopic (exact) mass is 306 g/mol. The molecule has 6 nitrogen and oxygen atoms in total. The van der Waals surface area contributed by atoms with Crippen LogP contribution in [0.3, 0.4) is 0 Å². The molecule has 1 unspecified atom stereocenters. The van der Waals surface area contributed by atoms with E-state index in [9.17, 15) is 13.2 Å². The summed E-state index contributed by atoms with van der Waals surface area (Å²) in [5, 5.41) is 11.9. The summed E-state index contributed by atoms with van der Waals surface area (Å²) in [6.07, 6.45) is 1.82. The van der Waals surface area contributed by atoms with E-state index in [1.54, 1.807) is 0 Å². The molecule has 1 rings (SSSR count). The number of hydrogen-bond acceptors (Lipinski definition) is 4. The van der Waals surface area contributed by atoms with Crippen LogP contribution in [0.1, 0.15) is 40.0 Å². The van der Waals surface area contributed by atoms with Crippen LogP contribution in [0.2, 0.25) is 0 Å². The highest BCUT2D eigenvalue weighted by molar-refractivity contribution is 7.89. The highest BCUT2D eigenvalue weighted by Crippen LogP contribution is 2.22. The van der Waals surface area contributed by atoms with Crippen molar-refractivity contribution in [3.05, 3.63) is 0 Å². The number of carbonyl (C=O) groups is 1. The van der Waals surface area contributed by atoms with Gasteiger partial charge in [-0.25, -0.2) is 8.42 Å². The number of carbonyl (C=O) groups excluding carboxylic acids is 1. The average Bonchev–Trinajstić information content (AvgIpc) is 2.86. The predicted octanol–water partition coefficient (Wildman–Crippen LogP) is 0.325. The van der Waals surface area contributed by atoms with Crippen LogP contribution in [-0.2, 0) is 14.8 Å². The van der Waals surface area contributed by atoms with Crippen molar-refractivity contribution >= 4 is 15.9 Å². The summed E-state index contributed by atoms with van der Waals surface area (Å²) in [5.74, 6) is -0.178. The Kier molecular flexibility index (Phi) is 5.97. The molecule has 1 amide bonds. The Hall–Kier alpha value is -0.660. The minimum Gasteiger partial charge on any atom is -0.396 e. The molecular formula is C13H26N2O4S. The van der Waals surface area contributed by atoms with E-state index in [1.165, 1.54) is 4.31 Å². The molecule has 1 atom stereocenters. The maximum atomic E-state index is 12.2. The Labute approximate surface area is 121 Å². The van der Waals surface area contributed by atoms with Gasteiger partial charge in [0.05, 0.1) is 5.75 Å². The summed E-state index contributed by atoms with van der Waals surface area (Å²) in [4.78, 5) is 12.2. The molecule has 1 heterocycles. The lowest BCUT2D eigenvalue weighted by molar-refractivity contribution is -0.124. The Morgan fingerprint density at radius 3 is 2.65 bits per heavy atom. The van der Waals surface area contributed by atoms with Crippen LogP contribution in [0.5, 0.6) is 0 Å². The first-order chi connectivity index (χ1) is 9.23. The van der Waals surface area contributed by atoms with Gasteiger partial charge in [-0.15, -0.1) is 0 Å². The molecular weight excluding hydrogens is 280 g/mol. The quantitative estimate of drug-likeness (QED) is 0.709. The molecule has 0 aromatic heterocycles. The zero-order valence-corrected chi connectivity index (χ0v) is 13.4. The number of amides is 1. The van der Waals surface area contributed by atoms with E-state index in [1.807, 2.05) is 20.8 Å². The Morgan fingerprint density at radius 1 is 1.45 bits per heavy atom. The molecule has 0 radical (unpaired) electrons. The van der Waals surface area contributed by atoms with Crippen molar-refractivity contribution in [3.63, 3.8) is 0 Å². The molecule has 1 saturated heterocycles. The van der Waals surface area contributed by atoms with Crippen LogP contribution in [0, 0.1) is 5.41 Å². The smallest absolute Gasteiger partial charge is 0.238 e. The summed E-state index contributed by atoms with van der Waals surface area (Å²) >= 11 is 0. The summed E-state index contributed by atoms with van der Waals surface area (Å²) < 4.78 is 25.6. The van der Waals surface area contributed by atoms with E-state index in [-0.39, 0.29) is 18.3 Å². The Morgan fingerprint density at radius 2 is 2.10 bits per heavy atom. The molecule has 1 aliphatic rings. The van der Waals surface area contributed by atoms with E-state index >= 15 is 0 Å². The maximum Gasteiger partial charge on any atom is 0.238 e. The lowest BCUT2D eigenvalue weighted by atomic mass is 9.95. The summed E-state index contributed by atoms with van der Waals surface area (Å²) in [7, 11) is -3.34. The Bertz CT molecular complexity index is 434. The third kappa shape index (κ3) is 4.43. The Balaban J connectivity index is 2.68. The molecule has 0 bridgehead atoms. The van der Waals surface area contributed by atoms with Gasteiger partial charge in [-0.1, -0.05) is 20.8 Å². The first-order valence-electron chi connectivity index (χ1n) is 7.11. The third-order valence-electron chi connectivity index (χ3n) is 3.49. The standard InChI is InChI=1S/C13H26N2O4S/c1-4-8-20(18,19)15-7-5-6-11(15)12(17)14-9-13(2,3)10-16/h11,16H,4-10H2,1-3H3,(H,14,17). The predicted molar refractivity (Wildman–Crippen MR) is 77.7 cm³/mol. The molecule has 1 fully saturated rings. The van der Waals surface area contributed by atoms with Gasteiger partial charge in [-0.05, 0) is 19.3 Å². The number of rotatable bonds is 7. The molecule has 2 N–H and O–H groups in total. The van der Waals surface area contributed by atoms with Gasteiger partial charge >= 0.3 is 0 Å². The largest absolute Gasteiger partial charge is 0.396 e. The molecule has 0 aromatic rings. The fourth-order valence-corrected chi connectivity index (χ4v) is 3.96. The number of hydrogen-bond donors (Lipinski definition) is 2. The summed E-state index contributed by atoms with van der Waals surface area (Å²) in [6, 6.07) is -0.596. The molecule has 0 saturated carbocycles. The molecule has 0 aliphatic carbocycles. The summed E-state index contributed by atoms with van der Waals surface area (Å²) in [6.45, 7) is 6.22. The number of nitrogens with one attached hydrogen (secondary N) is 1. The minimum absolute atomic E-state index is 0.0320. The average molecular weight is 306 g/mol. The van der Waals surface area contributed by atoms with Crippen molar-refractivity contribution in [2.75, 3.05) is 25.4 Å². The van der Waals surface area contributed by atoms with E-state index < -0.39 is 21.5 Å². The topological polar surface area (TPSA) is 86.7 Å². The van der Waals surface area contributed by atoms with Gasteiger partial charge in [-0.2, -0.15) is 4.31 Å². The maximum absolute atomic E-state index is 12.2. The van der Waals surface area contributed by atoms with Crippen molar-refractivity contribution in [1.82, 2.24) is 9.62 Å². The second-order valence-corrected chi connectivity index (χ2v) is 8.17. The van der Waals surface area contributed by atoms with Crippen LogP contribution in [0.4, 0.5) is 0 Å². The lowest BCUT2D eigenvalue weighted by Gasteiger charge is -2.26. The molecule has 20 heavy (non-hydrogen) atoms. The lowest BCUT2D eigenvalue weighted by Crippen LogP contribution is -2.48. The zero-order chi connectivity index (χ0) is 15.4. The van der Waals surface area contributed by atoms with Crippen molar-refractivity contribution < 1.29 is 18.3 Å². The van der Waals surface area contributed by atoms with Crippen molar-refractivity contribution in [2.45, 2.75) is 46.1 Å². The fraction of sp³-hybridized carbons (Fsp3) is 0.923. The molecule has 0 spiro atoms. The third-order valence-corrected chi connectivity index (χ3v) is 5.57. The van der Waals surface area contributed by atoms with Gasteiger partial charge in [0.2, 0.25) is 15.9 Å². The van der Waals surface area contributed by atoms with Crippen LogP contribution < -0.4 is 5.32 Å². The molecule has 118 valence electrons. The van der Waals surface area contributed by atoms with Gasteiger partial charge in [0.15, 0.2) is 0 Å². The van der Waals surface area contributed by atoms with Crippen molar-refractivity contribution in [1.29, 1.82) is 0 Å². The van der Waals surface area contributed by atoms with Crippen molar-refractivity contribution in [2.24, 2.45) is 5.41 Å². The number of aliphatic hydroxyl groups excluding tert-OH is 1. The van der Waals surface area contributed by atoms with Crippen LogP contribution in [0.25, 0.3) is 0 Å². The van der Waals surface area contributed by atoms with Gasteiger partial charge in [0, 0.05) is 25.1 Å². The number of aliphatic hydroxyl groups is 1. The van der Waals surface area contributed by atoms with E-state index in [0.29, 0.717) is 32.4 Å². The first kappa shape index (κ1) is 17.4. The second-order valence-electron chi connectivity index (χ2n) is 6.12. The zero-order valence-electron chi connectivity index (χ0n) is 12.6. The normalized spacial score (nSPS) is 21.1. The van der Waals surface area contributed by atoms with E-state index in [0.717, 1.165) is 0 Å². The van der Waals surface area contributed by atoms with Gasteiger partial charge < -0.3 is 10.4 Å². The van der Waals surface area contributed by atoms with E-state index in [2.05, 4.69) is 5.32 Å². The number of sulfonamides is 1.